The van der Waals surface area contributed by atoms with Crippen molar-refractivity contribution >= 4 is 17.4 Å². The van der Waals surface area contributed by atoms with Crippen LogP contribution in [0.3, 0.4) is 0 Å². The summed E-state index contributed by atoms with van der Waals surface area (Å²) >= 11 is 5.60. The maximum atomic E-state index is 5.83. The number of hydrogen-bond acceptors (Lipinski definition) is 4. The first kappa shape index (κ1) is 11.2. The van der Waals surface area contributed by atoms with E-state index in [1.807, 2.05) is 13.8 Å². The third-order valence-electron chi connectivity index (χ3n) is 1.71. The number of nitrogens with two attached hydrogens (primary N) is 1. The molecule has 1 aromatic heterocycles. The van der Waals surface area contributed by atoms with Gasteiger partial charge in [0.15, 0.2) is 5.15 Å². The maximum absolute atomic E-state index is 5.83. The Kier molecular flexibility index (Phi) is 3.66. The van der Waals surface area contributed by atoms with Crippen molar-refractivity contribution < 1.29 is 0 Å². The van der Waals surface area contributed by atoms with Gasteiger partial charge in [-0.3, -0.25) is 0 Å². The first-order valence-corrected chi connectivity index (χ1v) is 4.87. The molecule has 1 aromatic rings. The van der Waals surface area contributed by atoms with Gasteiger partial charge in [-0.05, 0) is 32.4 Å². The summed E-state index contributed by atoms with van der Waals surface area (Å²) in [4.78, 5) is 0. The van der Waals surface area contributed by atoms with Crippen LogP contribution in [0.5, 0.6) is 0 Å². The highest BCUT2D eigenvalue weighted by Crippen LogP contribution is 2.07. The average molecular weight is 215 g/mol. The summed E-state index contributed by atoms with van der Waals surface area (Å²) in [6, 6.07) is 3.49. The number of halogens is 1. The Morgan fingerprint density at radius 2 is 2.14 bits per heavy atom. The van der Waals surface area contributed by atoms with Crippen LogP contribution in [-0.2, 0) is 0 Å². The summed E-state index contributed by atoms with van der Waals surface area (Å²) in [5.74, 6) is 0.721. The lowest BCUT2D eigenvalue weighted by atomic mass is 10.0. The fourth-order valence-electron chi connectivity index (χ4n) is 0.923. The minimum absolute atomic E-state index is 0.160. The Labute approximate surface area is 88.9 Å². The highest BCUT2D eigenvalue weighted by atomic mass is 35.5. The van der Waals surface area contributed by atoms with Crippen LogP contribution in [0.15, 0.2) is 12.1 Å². The number of aromatic nitrogens is 2. The van der Waals surface area contributed by atoms with Gasteiger partial charge in [-0.2, -0.15) is 0 Å². The van der Waals surface area contributed by atoms with Crippen LogP contribution in [0.25, 0.3) is 0 Å². The van der Waals surface area contributed by atoms with Crippen molar-refractivity contribution in [2.24, 2.45) is 5.73 Å². The van der Waals surface area contributed by atoms with Crippen LogP contribution < -0.4 is 11.1 Å². The fraction of sp³-hybridized carbons (Fsp3) is 0.556. The zero-order valence-corrected chi connectivity index (χ0v) is 9.17. The summed E-state index contributed by atoms with van der Waals surface area (Å²) < 4.78 is 0. The van der Waals surface area contributed by atoms with E-state index < -0.39 is 0 Å². The minimum atomic E-state index is -0.160. The molecule has 1 heterocycles. The van der Waals surface area contributed by atoms with E-state index in [1.54, 1.807) is 12.1 Å². The third-order valence-corrected chi connectivity index (χ3v) is 1.91. The SMILES string of the molecule is CC(C)(N)CCNc1ccc(Cl)nn1. The lowest BCUT2D eigenvalue weighted by molar-refractivity contribution is 0.490. The summed E-state index contributed by atoms with van der Waals surface area (Å²) in [5, 5.41) is 11.1. The van der Waals surface area contributed by atoms with Gasteiger partial charge in [-0.15, -0.1) is 10.2 Å². The molecule has 0 radical (unpaired) electrons. The van der Waals surface area contributed by atoms with Crippen molar-refractivity contribution in [1.29, 1.82) is 0 Å². The third kappa shape index (κ3) is 4.39. The molecule has 1 rings (SSSR count). The predicted octanol–water partition coefficient (Wildman–Crippen LogP) is 1.67. The van der Waals surface area contributed by atoms with Crippen molar-refractivity contribution in [3.63, 3.8) is 0 Å². The van der Waals surface area contributed by atoms with Gasteiger partial charge in [-0.1, -0.05) is 11.6 Å². The van der Waals surface area contributed by atoms with Crippen molar-refractivity contribution in [2.75, 3.05) is 11.9 Å². The van der Waals surface area contributed by atoms with E-state index in [0.717, 1.165) is 18.8 Å². The molecule has 4 nitrogen and oxygen atoms in total. The topological polar surface area (TPSA) is 63.8 Å². The van der Waals surface area contributed by atoms with Gasteiger partial charge in [0.1, 0.15) is 5.82 Å². The molecular weight excluding hydrogens is 200 g/mol. The second-order valence-corrected chi connectivity index (χ2v) is 4.29. The molecule has 5 heteroatoms. The molecule has 0 aliphatic heterocycles. The van der Waals surface area contributed by atoms with Crippen molar-refractivity contribution in [1.82, 2.24) is 10.2 Å². The number of hydrogen-bond donors (Lipinski definition) is 2. The van der Waals surface area contributed by atoms with Crippen LogP contribution in [-0.4, -0.2) is 22.3 Å². The van der Waals surface area contributed by atoms with Gasteiger partial charge in [0.05, 0.1) is 0 Å². The number of nitrogens with zero attached hydrogens (tertiary/aromatic N) is 2. The summed E-state index contributed by atoms with van der Waals surface area (Å²) in [6.45, 7) is 4.75. The molecule has 0 atom stereocenters. The molecular formula is C9H15ClN4. The van der Waals surface area contributed by atoms with E-state index in [4.69, 9.17) is 17.3 Å². The quantitative estimate of drug-likeness (QED) is 0.801. The molecule has 78 valence electrons. The highest BCUT2D eigenvalue weighted by molar-refractivity contribution is 6.29. The molecule has 0 aromatic carbocycles. The van der Waals surface area contributed by atoms with Crippen LogP contribution in [0.4, 0.5) is 5.82 Å². The monoisotopic (exact) mass is 214 g/mol. The Bertz CT molecular complexity index is 278. The minimum Gasteiger partial charge on any atom is -0.369 e. The van der Waals surface area contributed by atoms with Gasteiger partial charge in [0.2, 0.25) is 0 Å². The van der Waals surface area contributed by atoms with E-state index in [2.05, 4.69) is 15.5 Å². The Balaban J connectivity index is 2.35. The summed E-state index contributed by atoms with van der Waals surface area (Å²) in [5.41, 5.74) is 5.67. The molecule has 0 amide bonds. The van der Waals surface area contributed by atoms with Crippen LogP contribution in [0.1, 0.15) is 20.3 Å². The summed E-state index contributed by atoms with van der Waals surface area (Å²) in [7, 11) is 0. The normalized spacial score (nSPS) is 11.4. The average Bonchev–Trinajstić information content (AvgIpc) is 2.06. The zero-order valence-electron chi connectivity index (χ0n) is 8.42. The molecule has 0 aliphatic carbocycles. The molecule has 14 heavy (non-hydrogen) atoms. The molecule has 0 aliphatic rings. The van der Waals surface area contributed by atoms with Crippen molar-refractivity contribution in [2.45, 2.75) is 25.8 Å². The Morgan fingerprint density at radius 3 is 2.64 bits per heavy atom. The molecule has 3 N–H and O–H groups in total. The van der Waals surface area contributed by atoms with Crippen molar-refractivity contribution in [3.8, 4) is 0 Å². The largest absolute Gasteiger partial charge is 0.369 e. The molecule has 0 bridgehead atoms. The van der Waals surface area contributed by atoms with E-state index in [9.17, 15) is 0 Å². The predicted molar refractivity (Wildman–Crippen MR) is 58.4 cm³/mol. The van der Waals surface area contributed by atoms with Gasteiger partial charge >= 0.3 is 0 Å². The lowest BCUT2D eigenvalue weighted by Gasteiger charge is -2.18. The lowest BCUT2D eigenvalue weighted by Crippen LogP contribution is -2.34. The number of nitrogens with one attached hydrogen (secondary N) is 1. The second-order valence-electron chi connectivity index (χ2n) is 3.91. The maximum Gasteiger partial charge on any atom is 0.151 e. The standard InChI is InChI=1S/C9H15ClN4/c1-9(2,11)5-6-12-8-4-3-7(10)13-14-8/h3-4H,5-6,11H2,1-2H3,(H,12,14). The van der Waals surface area contributed by atoms with Gasteiger partial charge in [0, 0.05) is 12.1 Å². The smallest absolute Gasteiger partial charge is 0.151 e. The van der Waals surface area contributed by atoms with Crippen LogP contribution in [0.2, 0.25) is 5.15 Å². The first-order valence-electron chi connectivity index (χ1n) is 4.49. The van der Waals surface area contributed by atoms with Crippen molar-refractivity contribution in [3.05, 3.63) is 17.3 Å². The molecule has 0 saturated carbocycles. The molecule has 0 spiro atoms. The second kappa shape index (κ2) is 4.57. The molecule has 0 saturated heterocycles. The van der Waals surface area contributed by atoms with Gasteiger partial charge in [-0.25, -0.2) is 0 Å². The number of anilines is 1. The van der Waals surface area contributed by atoms with E-state index in [-0.39, 0.29) is 5.54 Å². The summed E-state index contributed by atoms with van der Waals surface area (Å²) in [6.07, 6.45) is 0.872. The Morgan fingerprint density at radius 1 is 1.43 bits per heavy atom. The van der Waals surface area contributed by atoms with E-state index in [1.165, 1.54) is 0 Å². The Hall–Kier alpha value is -0.870. The number of rotatable bonds is 4. The van der Waals surface area contributed by atoms with Crippen LogP contribution in [0, 0.1) is 0 Å². The van der Waals surface area contributed by atoms with Gasteiger partial charge in [0.25, 0.3) is 0 Å². The zero-order chi connectivity index (χ0) is 10.6. The highest BCUT2D eigenvalue weighted by Gasteiger charge is 2.09. The van der Waals surface area contributed by atoms with Crippen LogP contribution >= 0.6 is 11.6 Å². The van der Waals surface area contributed by atoms with E-state index in [0.29, 0.717) is 5.15 Å². The first-order chi connectivity index (χ1) is 6.47. The molecule has 0 unspecified atom stereocenters. The fourth-order valence-corrected chi connectivity index (χ4v) is 1.02. The van der Waals surface area contributed by atoms with Gasteiger partial charge < -0.3 is 11.1 Å². The van der Waals surface area contributed by atoms with E-state index >= 15 is 0 Å². The molecule has 0 fully saturated rings.